The first-order chi connectivity index (χ1) is 12.3. The van der Waals surface area contributed by atoms with E-state index in [1.165, 1.54) is 18.9 Å². The summed E-state index contributed by atoms with van der Waals surface area (Å²) >= 11 is 1.48. The van der Waals surface area contributed by atoms with Crippen LogP contribution in [-0.4, -0.2) is 25.0 Å². The monoisotopic (exact) mass is 375 g/mol. The van der Waals surface area contributed by atoms with Gasteiger partial charge in [-0.3, -0.25) is 4.79 Å². The third kappa shape index (κ3) is 5.14. The largest absolute Gasteiger partial charge is 0.467 e. The van der Waals surface area contributed by atoms with E-state index in [-0.39, 0.29) is 11.7 Å². The molecule has 0 saturated heterocycles. The van der Waals surface area contributed by atoms with Crippen LogP contribution in [0, 0.1) is 19.8 Å². The number of rotatable bonds is 7. The lowest BCUT2D eigenvalue weighted by atomic mass is 10.0. The van der Waals surface area contributed by atoms with E-state index in [4.69, 9.17) is 9.15 Å². The van der Waals surface area contributed by atoms with Crippen molar-refractivity contribution in [1.82, 2.24) is 5.32 Å². The zero-order valence-corrected chi connectivity index (χ0v) is 16.6. The Morgan fingerprint density at radius 2 is 1.81 bits per heavy atom. The van der Waals surface area contributed by atoms with Crippen molar-refractivity contribution in [3.05, 3.63) is 47.2 Å². The van der Waals surface area contributed by atoms with E-state index >= 15 is 0 Å². The lowest BCUT2D eigenvalue weighted by molar-refractivity contribution is -0.143. The van der Waals surface area contributed by atoms with Crippen LogP contribution in [0.25, 0.3) is 0 Å². The molecule has 1 aromatic carbocycles. The molecule has 0 radical (unpaired) electrons. The molecule has 0 spiro atoms. The van der Waals surface area contributed by atoms with Gasteiger partial charge >= 0.3 is 5.97 Å². The maximum Gasteiger partial charge on any atom is 0.328 e. The Morgan fingerprint density at radius 1 is 1.15 bits per heavy atom. The third-order valence-corrected chi connectivity index (χ3v) is 5.18. The van der Waals surface area contributed by atoms with Crippen LogP contribution in [0.1, 0.15) is 41.9 Å². The maximum atomic E-state index is 12.4. The number of furan rings is 1. The number of carbonyl (C=O) groups excluding carboxylic acids is 2. The second-order valence-corrected chi connectivity index (χ2v) is 7.64. The van der Waals surface area contributed by atoms with Crippen molar-refractivity contribution in [2.75, 3.05) is 7.11 Å². The van der Waals surface area contributed by atoms with Crippen LogP contribution in [-0.2, 0) is 9.53 Å². The number of carbonyl (C=O) groups is 2. The number of amides is 1. The topological polar surface area (TPSA) is 68.5 Å². The van der Waals surface area contributed by atoms with E-state index in [0.29, 0.717) is 11.5 Å². The predicted molar refractivity (Wildman–Crippen MR) is 101 cm³/mol. The average molecular weight is 375 g/mol. The van der Waals surface area contributed by atoms with Crippen molar-refractivity contribution >= 4 is 23.6 Å². The second kappa shape index (κ2) is 8.94. The first-order valence-corrected chi connectivity index (χ1v) is 9.36. The summed E-state index contributed by atoms with van der Waals surface area (Å²) < 4.78 is 10.4. The fraction of sp³-hybridized carbons (Fsp3) is 0.400. The van der Waals surface area contributed by atoms with Gasteiger partial charge in [0, 0.05) is 4.90 Å². The molecule has 0 aliphatic rings. The Labute approximate surface area is 158 Å². The third-order valence-electron chi connectivity index (χ3n) is 3.91. The Kier molecular flexibility index (Phi) is 6.91. The minimum atomic E-state index is -0.688. The molecule has 26 heavy (non-hydrogen) atoms. The summed E-state index contributed by atoms with van der Waals surface area (Å²) in [4.78, 5) is 25.4. The molecular formula is C20H25NO4S. The summed E-state index contributed by atoms with van der Waals surface area (Å²) in [6.45, 7) is 8.04. The van der Waals surface area contributed by atoms with Crippen LogP contribution in [0.4, 0.5) is 0 Å². The Bertz CT molecular complexity index is 762. The van der Waals surface area contributed by atoms with Crippen LogP contribution in [0.5, 0.6) is 0 Å². The van der Waals surface area contributed by atoms with Crippen LogP contribution in [0.15, 0.2) is 44.7 Å². The number of nitrogens with one attached hydrogen (secondary N) is 1. The predicted octanol–water partition coefficient (Wildman–Crippen LogP) is 4.37. The summed E-state index contributed by atoms with van der Waals surface area (Å²) in [5.41, 5.74) is 2.31. The van der Waals surface area contributed by atoms with E-state index in [2.05, 4.69) is 5.32 Å². The summed E-state index contributed by atoms with van der Waals surface area (Å²) in [7, 11) is 1.31. The highest BCUT2D eigenvalue weighted by atomic mass is 32.2. The highest BCUT2D eigenvalue weighted by Gasteiger charge is 2.24. The van der Waals surface area contributed by atoms with Crippen molar-refractivity contribution in [2.24, 2.45) is 5.92 Å². The lowest BCUT2D eigenvalue weighted by Gasteiger charge is -2.17. The van der Waals surface area contributed by atoms with Gasteiger partial charge in [-0.2, -0.15) is 0 Å². The van der Waals surface area contributed by atoms with Crippen LogP contribution < -0.4 is 5.32 Å². The van der Waals surface area contributed by atoms with E-state index in [0.717, 1.165) is 16.0 Å². The van der Waals surface area contributed by atoms with Crippen molar-refractivity contribution in [3.63, 3.8) is 0 Å². The average Bonchev–Trinajstić information content (AvgIpc) is 3.05. The van der Waals surface area contributed by atoms with Gasteiger partial charge in [-0.1, -0.05) is 43.8 Å². The van der Waals surface area contributed by atoms with Crippen LogP contribution in [0.2, 0.25) is 0 Å². The second-order valence-electron chi connectivity index (χ2n) is 6.62. The SMILES string of the molecule is COC(=O)C(CC(C)C)NC(=O)c1ccc(Sc2c(C)cccc2C)o1. The molecule has 2 rings (SSSR count). The molecule has 1 unspecified atom stereocenters. The quantitative estimate of drug-likeness (QED) is 0.728. The molecule has 0 saturated carbocycles. The fourth-order valence-electron chi connectivity index (χ4n) is 2.61. The zero-order chi connectivity index (χ0) is 19.3. The molecule has 1 aromatic heterocycles. The van der Waals surface area contributed by atoms with Gasteiger partial charge in [-0.25, -0.2) is 4.79 Å². The molecule has 0 aliphatic heterocycles. The Hall–Kier alpha value is -2.21. The maximum absolute atomic E-state index is 12.4. The van der Waals surface area contributed by atoms with Gasteiger partial charge < -0.3 is 14.5 Å². The number of ether oxygens (including phenoxy) is 1. The number of aryl methyl sites for hydroxylation is 2. The van der Waals surface area contributed by atoms with E-state index in [1.54, 1.807) is 12.1 Å². The molecule has 1 atom stereocenters. The number of hydrogen-bond acceptors (Lipinski definition) is 5. The normalized spacial score (nSPS) is 12.1. The fourth-order valence-corrected chi connectivity index (χ4v) is 3.54. The van der Waals surface area contributed by atoms with Crippen LogP contribution in [0.3, 0.4) is 0 Å². The molecular weight excluding hydrogens is 350 g/mol. The molecule has 1 heterocycles. The van der Waals surface area contributed by atoms with Crippen molar-refractivity contribution in [2.45, 2.75) is 50.1 Å². The molecule has 1 N–H and O–H groups in total. The van der Waals surface area contributed by atoms with Crippen molar-refractivity contribution < 1.29 is 18.7 Å². The number of esters is 1. The highest BCUT2D eigenvalue weighted by molar-refractivity contribution is 7.99. The molecule has 6 heteroatoms. The molecule has 0 fully saturated rings. The number of hydrogen-bond donors (Lipinski definition) is 1. The van der Waals surface area contributed by atoms with Gasteiger partial charge in [0.15, 0.2) is 10.9 Å². The van der Waals surface area contributed by atoms with Crippen LogP contribution >= 0.6 is 11.8 Å². The van der Waals surface area contributed by atoms with E-state index in [1.807, 2.05) is 45.9 Å². The van der Waals surface area contributed by atoms with E-state index < -0.39 is 17.9 Å². The number of methoxy groups -OCH3 is 1. The first kappa shape index (κ1) is 20.1. The highest BCUT2D eigenvalue weighted by Crippen LogP contribution is 2.33. The summed E-state index contributed by atoms with van der Waals surface area (Å²) in [5.74, 6) is -0.458. The van der Waals surface area contributed by atoms with Gasteiger partial charge in [-0.15, -0.1) is 0 Å². The molecule has 5 nitrogen and oxygen atoms in total. The molecule has 1 amide bonds. The summed E-state index contributed by atoms with van der Waals surface area (Å²) in [6, 6.07) is 8.79. The first-order valence-electron chi connectivity index (χ1n) is 8.54. The minimum absolute atomic E-state index is 0.177. The van der Waals surface area contributed by atoms with Crippen molar-refractivity contribution in [3.8, 4) is 0 Å². The smallest absolute Gasteiger partial charge is 0.328 e. The zero-order valence-electron chi connectivity index (χ0n) is 15.8. The van der Waals surface area contributed by atoms with Gasteiger partial charge in [0.1, 0.15) is 6.04 Å². The summed E-state index contributed by atoms with van der Waals surface area (Å²) in [6.07, 6.45) is 0.503. The standard InChI is InChI=1S/C20H25NO4S/c1-12(2)11-15(20(23)24-5)21-19(22)16-9-10-17(25-16)26-18-13(3)7-6-8-14(18)4/h6-10,12,15H,11H2,1-5H3,(H,21,22). The molecule has 140 valence electrons. The van der Waals surface area contributed by atoms with Gasteiger partial charge in [-0.05, 0) is 49.4 Å². The van der Waals surface area contributed by atoms with Gasteiger partial charge in [0.2, 0.25) is 0 Å². The Balaban J connectivity index is 2.10. The minimum Gasteiger partial charge on any atom is -0.467 e. The summed E-state index contributed by atoms with van der Waals surface area (Å²) in [5, 5.41) is 3.33. The van der Waals surface area contributed by atoms with Crippen molar-refractivity contribution in [1.29, 1.82) is 0 Å². The molecule has 0 aliphatic carbocycles. The number of benzene rings is 1. The van der Waals surface area contributed by atoms with E-state index in [9.17, 15) is 9.59 Å². The lowest BCUT2D eigenvalue weighted by Crippen LogP contribution is -2.42. The Morgan fingerprint density at radius 3 is 2.38 bits per heavy atom. The van der Waals surface area contributed by atoms with Gasteiger partial charge in [0.25, 0.3) is 5.91 Å². The van der Waals surface area contributed by atoms with Gasteiger partial charge in [0.05, 0.1) is 7.11 Å². The molecule has 2 aromatic rings. The molecule has 0 bridgehead atoms.